The van der Waals surface area contributed by atoms with Crippen molar-refractivity contribution in [3.05, 3.63) is 77.3 Å². The Morgan fingerprint density at radius 1 is 1.00 bits per heavy atom. The number of halogens is 2. The normalized spacial score (nSPS) is 15.3. The van der Waals surface area contributed by atoms with Crippen LogP contribution < -0.4 is 14.2 Å². The highest BCUT2D eigenvalue weighted by Gasteiger charge is 2.41. The number of aromatic nitrogens is 2. The number of carboxylic acid groups (broad SMARTS) is 1. The van der Waals surface area contributed by atoms with E-state index in [4.69, 9.17) is 25.8 Å². The number of likely N-dealkylation sites (N-methyl/N-ethyl adjacent to an activating group) is 1. The molecule has 0 radical (unpaired) electrons. The summed E-state index contributed by atoms with van der Waals surface area (Å²) in [5, 5.41) is 15.0. The summed E-state index contributed by atoms with van der Waals surface area (Å²) in [5.74, 6) is -0.368. The lowest BCUT2D eigenvalue weighted by Gasteiger charge is -2.32. The van der Waals surface area contributed by atoms with Crippen LogP contribution in [-0.4, -0.2) is 90.4 Å². The predicted octanol–water partition coefficient (Wildman–Crippen LogP) is 7.39. The molecule has 7 rings (SSSR count). The topological polar surface area (TPSA) is 97.3 Å². The number of carboxylic acids is 1. The highest BCUT2D eigenvalue weighted by atomic mass is 35.5. The number of thiophene rings is 1. The molecule has 0 bridgehead atoms. The smallest absolute Gasteiger partial charge is 0.345 e. The van der Waals surface area contributed by atoms with Crippen LogP contribution in [0.25, 0.3) is 41.8 Å². The number of rotatable bonds is 10. The number of piperazine rings is 1. The molecular weight excluding hydrogens is 667 g/mol. The Labute approximate surface area is 291 Å². The molecule has 1 aliphatic heterocycles. The number of nitrogens with zero attached hydrogens (tertiary/aromatic N) is 4. The molecule has 3 heterocycles. The van der Waals surface area contributed by atoms with Gasteiger partial charge in [-0.25, -0.2) is 19.2 Å². The van der Waals surface area contributed by atoms with E-state index in [1.807, 2.05) is 30.3 Å². The van der Waals surface area contributed by atoms with Gasteiger partial charge in [-0.15, -0.1) is 11.3 Å². The average Bonchev–Trinajstić information content (AvgIpc) is 3.49. The van der Waals surface area contributed by atoms with Crippen LogP contribution in [0.1, 0.15) is 19.4 Å². The number of hydrogen-bond donors (Lipinski definition) is 1. The zero-order chi connectivity index (χ0) is 34.4. The number of benzene rings is 4. The molecule has 0 aliphatic carbocycles. The van der Waals surface area contributed by atoms with Gasteiger partial charge in [-0.1, -0.05) is 49.7 Å². The van der Waals surface area contributed by atoms with E-state index in [0.717, 1.165) is 53.6 Å². The molecule has 6 aromatic rings. The summed E-state index contributed by atoms with van der Waals surface area (Å²) >= 11 is 8.54. The molecule has 0 saturated carbocycles. The lowest BCUT2D eigenvalue weighted by Crippen LogP contribution is -2.45. The Morgan fingerprint density at radius 2 is 1.76 bits per heavy atom. The average molecular weight is 703 g/mol. The van der Waals surface area contributed by atoms with Crippen molar-refractivity contribution in [3.8, 4) is 17.4 Å². The second-order valence-electron chi connectivity index (χ2n) is 12.9. The first-order valence-electron chi connectivity index (χ1n) is 16.1. The van der Waals surface area contributed by atoms with Gasteiger partial charge in [-0.3, -0.25) is 4.90 Å². The van der Waals surface area contributed by atoms with Crippen LogP contribution in [0.2, 0.25) is 5.02 Å². The fourth-order valence-electron chi connectivity index (χ4n) is 6.80. The summed E-state index contributed by atoms with van der Waals surface area (Å²) in [6, 6.07) is 15.7. The van der Waals surface area contributed by atoms with Gasteiger partial charge in [0, 0.05) is 64.6 Å². The van der Waals surface area contributed by atoms with Crippen molar-refractivity contribution < 1.29 is 28.5 Å². The van der Waals surface area contributed by atoms with Crippen LogP contribution in [0.3, 0.4) is 0 Å². The Morgan fingerprint density at radius 3 is 2.51 bits per heavy atom. The fourth-order valence-corrected chi connectivity index (χ4v) is 8.30. The molecule has 1 N–H and O–H groups in total. The van der Waals surface area contributed by atoms with Crippen LogP contribution in [-0.2, 0) is 10.2 Å². The van der Waals surface area contributed by atoms with Gasteiger partial charge in [-0.2, -0.15) is 0 Å². The maximum absolute atomic E-state index is 14.8. The summed E-state index contributed by atoms with van der Waals surface area (Å²) in [6.45, 7) is 8.80. The number of carbonyl (C=O) groups is 1. The second kappa shape index (κ2) is 13.2. The number of methoxy groups -OCH3 is 1. The number of hydrogen-bond acceptors (Lipinski definition) is 9. The predicted molar refractivity (Wildman–Crippen MR) is 192 cm³/mol. The number of aliphatic carboxylic acids is 1. The van der Waals surface area contributed by atoms with Crippen molar-refractivity contribution in [2.75, 3.05) is 53.5 Å². The van der Waals surface area contributed by atoms with Gasteiger partial charge in [0.1, 0.15) is 35.1 Å². The molecule has 254 valence electrons. The monoisotopic (exact) mass is 702 g/mol. The van der Waals surface area contributed by atoms with Crippen LogP contribution in [0.4, 0.5) is 4.39 Å². The minimum absolute atomic E-state index is 0.123. The molecule has 1 fully saturated rings. The molecule has 1 atom stereocenters. The molecule has 4 aromatic carbocycles. The van der Waals surface area contributed by atoms with Crippen molar-refractivity contribution in [2.45, 2.75) is 25.4 Å². The second-order valence-corrected chi connectivity index (χ2v) is 14.3. The number of fused-ring (bicyclic) bond motifs is 8. The largest absolute Gasteiger partial charge is 0.496 e. The molecule has 12 heteroatoms. The van der Waals surface area contributed by atoms with E-state index in [0.29, 0.717) is 49.7 Å². The van der Waals surface area contributed by atoms with E-state index in [1.54, 1.807) is 33.1 Å². The van der Waals surface area contributed by atoms with E-state index in [1.165, 1.54) is 29.8 Å². The Hall–Kier alpha value is -4.29. The summed E-state index contributed by atoms with van der Waals surface area (Å²) < 4.78 is 33.9. The van der Waals surface area contributed by atoms with Crippen LogP contribution in [0.5, 0.6) is 17.4 Å². The highest BCUT2D eigenvalue weighted by molar-refractivity contribution is 7.26. The van der Waals surface area contributed by atoms with Crippen molar-refractivity contribution in [3.63, 3.8) is 0 Å². The van der Waals surface area contributed by atoms with E-state index in [9.17, 15) is 14.3 Å². The molecule has 1 unspecified atom stereocenters. The van der Waals surface area contributed by atoms with Gasteiger partial charge >= 0.3 is 5.97 Å². The van der Waals surface area contributed by atoms with E-state index in [-0.39, 0.29) is 5.88 Å². The maximum Gasteiger partial charge on any atom is 0.345 e. The van der Waals surface area contributed by atoms with E-state index in [2.05, 4.69) is 26.8 Å². The van der Waals surface area contributed by atoms with Gasteiger partial charge < -0.3 is 24.2 Å². The molecule has 1 aliphatic rings. The minimum atomic E-state index is -1.35. The van der Waals surface area contributed by atoms with E-state index < -0.39 is 23.3 Å². The molecule has 9 nitrogen and oxygen atoms in total. The van der Waals surface area contributed by atoms with Crippen molar-refractivity contribution >= 4 is 70.8 Å². The Balaban J connectivity index is 1.36. The minimum Gasteiger partial charge on any atom is -0.496 e. The SMILES string of the molecule is COc1ccccc1C(C)(C)C(Oc1ncnc2sc3c4ccc(F)cc4c4c(Cl)c(OCCN5CCN(C)CC5)ccc4c3c12)C(=O)O. The van der Waals surface area contributed by atoms with Crippen molar-refractivity contribution in [2.24, 2.45) is 0 Å². The maximum atomic E-state index is 14.8. The van der Waals surface area contributed by atoms with Crippen LogP contribution >= 0.6 is 22.9 Å². The van der Waals surface area contributed by atoms with Gasteiger partial charge in [0.15, 0.2) is 0 Å². The first-order valence-corrected chi connectivity index (χ1v) is 17.2. The number of ether oxygens (including phenoxy) is 3. The van der Waals surface area contributed by atoms with Crippen molar-refractivity contribution in [1.82, 2.24) is 19.8 Å². The van der Waals surface area contributed by atoms with Gasteiger partial charge in [0.2, 0.25) is 12.0 Å². The summed E-state index contributed by atoms with van der Waals surface area (Å²) in [5.41, 5.74) is -0.358. The van der Waals surface area contributed by atoms with Crippen molar-refractivity contribution in [1.29, 1.82) is 0 Å². The molecule has 2 aromatic heterocycles. The Kier molecular flexibility index (Phi) is 8.95. The Bertz CT molecular complexity index is 2220. The zero-order valence-electron chi connectivity index (χ0n) is 27.6. The zero-order valence-corrected chi connectivity index (χ0v) is 29.2. The molecule has 0 spiro atoms. The fraction of sp³-hybridized carbons (Fsp3) is 0.324. The third-order valence-electron chi connectivity index (χ3n) is 9.50. The molecule has 0 amide bonds. The molecular formula is C37H36ClFN4O5S. The molecule has 49 heavy (non-hydrogen) atoms. The first-order chi connectivity index (χ1) is 23.6. The van der Waals surface area contributed by atoms with Gasteiger partial charge in [0.05, 0.1) is 17.5 Å². The van der Waals surface area contributed by atoms with Crippen LogP contribution in [0, 0.1) is 5.82 Å². The summed E-state index contributed by atoms with van der Waals surface area (Å²) in [4.78, 5) is 27.2. The van der Waals surface area contributed by atoms with E-state index >= 15 is 0 Å². The summed E-state index contributed by atoms with van der Waals surface area (Å²) in [7, 11) is 3.67. The summed E-state index contributed by atoms with van der Waals surface area (Å²) in [6.07, 6.45) is 0.0207. The first kappa shape index (κ1) is 33.2. The standard InChI is InChI=1S/C37H36ClFN4O5S/c1-37(2,25-7-5-6-8-26(25)46-4)33(36(44)45)48-34-30-29-23-11-12-27(47-18-17-43-15-13-42(3)14-16-43)31(38)28(23)24-19-21(39)9-10-22(24)32(29)49-35(30)41-20-40-34/h5-12,19-20,33H,13-18H2,1-4H3,(H,44,45). The third-order valence-corrected chi connectivity index (χ3v) is 11.0. The quantitative estimate of drug-likeness (QED) is 0.147. The highest BCUT2D eigenvalue weighted by Crippen LogP contribution is 2.49. The van der Waals surface area contributed by atoms with Gasteiger partial charge in [0.25, 0.3) is 0 Å². The number of para-hydroxylation sites is 1. The third kappa shape index (κ3) is 5.99. The van der Waals surface area contributed by atoms with Gasteiger partial charge in [-0.05, 0) is 48.2 Å². The van der Waals surface area contributed by atoms with Crippen LogP contribution in [0.15, 0.2) is 60.9 Å². The lowest BCUT2D eigenvalue weighted by atomic mass is 9.78. The molecule has 1 saturated heterocycles. The lowest BCUT2D eigenvalue weighted by molar-refractivity contribution is -0.148.